The van der Waals surface area contributed by atoms with Gasteiger partial charge in [-0.1, -0.05) is 42.5 Å². The topological polar surface area (TPSA) is 44.8 Å². The average molecular weight is 469 g/mol. The number of hydrogen-bond acceptors (Lipinski definition) is 4. The fourth-order valence-corrected chi connectivity index (χ4v) is 5.41. The van der Waals surface area contributed by atoms with Crippen LogP contribution in [0.2, 0.25) is 0 Å². The fraction of sp³-hybridized carbons (Fsp3) is 0.387. The summed E-state index contributed by atoms with van der Waals surface area (Å²) in [6.45, 7) is 2.88. The molecule has 1 unspecified atom stereocenters. The highest BCUT2D eigenvalue weighted by molar-refractivity contribution is 5.89. The molecule has 1 aliphatic heterocycles. The third-order valence-corrected chi connectivity index (χ3v) is 7.41. The van der Waals surface area contributed by atoms with Gasteiger partial charge >= 0.3 is 5.97 Å². The number of hydrogen-bond donors (Lipinski definition) is 0. The minimum atomic E-state index is -0.725. The van der Waals surface area contributed by atoms with Gasteiger partial charge in [0.15, 0.2) is 6.10 Å². The van der Waals surface area contributed by atoms with Crippen LogP contribution in [0.5, 0.6) is 5.75 Å². The van der Waals surface area contributed by atoms with E-state index in [2.05, 4.69) is 61.5 Å². The minimum Gasteiger partial charge on any atom is -0.493 e. The molecule has 4 nitrogen and oxygen atoms in total. The first kappa shape index (κ1) is 22.4. The van der Waals surface area contributed by atoms with Crippen LogP contribution in [0, 0.1) is 6.92 Å². The molecule has 1 atom stereocenters. The summed E-state index contributed by atoms with van der Waals surface area (Å²) in [5, 5.41) is 0. The zero-order chi connectivity index (χ0) is 23.9. The molecule has 0 aromatic heterocycles. The second kappa shape index (κ2) is 9.16. The molecule has 0 bridgehead atoms. The number of carbonyl (C=O) groups is 1. The van der Waals surface area contributed by atoms with Gasteiger partial charge in [-0.15, -0.1) is 0 Å². The average Bonchev–Trinajstić information content (AvgIpc) is 3.82. The maximum absolute atomic E-state index is 13.1. The molecule has 0 N–H and O–H groups in total. The summed E-state index contributed by atoms with van der Waals surface area (Å²) in [5.41, 5.74) is 9.35. The second-order valence-corrected chi connectivity index (χ2v) is 10.1. The largest absolute Gasteiger partial charge is 0.493 e. The second-order valence-electron chi connectivity index (χ2n) is 10.1. The summed E-state index contributed by atoms with van der Waals surface area (Å²) in [6, 6.07) is 19.4. The summed E-state index contributed by atoms with van der Waals surface area (Å²) in [4.78, 5) is 13.1. The van der Waals surface area contributed by atoms with Crippen molar-refractivity contribution in [3.05, 3.63) is 76.9 Å². The van der Waals surface area contributed by atoms with Crippen molar-refractivity contribution in [2.75, 3.05) is 13.7 Å². The molecule has 4 heteroatoms. The Morgan fingerprint density at radius 3 is 2.51 bits per heavy atom. The highest BCUT2D eigenvalue weighted by atomic mass is 16.6. The smallest absolute Gasteiger partial charge is 0.339 e. The van der Waals surface area contributed by atoms with Crippen molar-refractivity contribution in [2.45, 2.75) is 63.6 Å². The van der Waals surface area contributed by atoms with Gasteiger partial charge in [0.2, 0.25) is 0 Å². The Balaban J connectivity index is 1.63. The van der Waals surface area contributed by atoms with Crippen LogP contribution >= 0.6 is 0 Å². The van der Waals surface area contributed by atoms with Crippen molar-refractivity contribution in [3.8, 4) is 28.0 Å². The Bertz CT molecular complexity index is 1250. The lowest BCUT2D eigenvalue weighted by Gasteiger charge is -2.27. The zero-order valence-corrected chi connectivity index (χ0v) is 20.5. The molecule has 0 spiro atoms. The van der Waals surface area contributed by atoms with Crippen molar-refractivity contribution >= 4 is 5.97 Å². The number of rotatable bonds is 7. The van der Waals surface area contributed by atoms with Crippen molar-refractivity contribution in [3.63, 3.8) is 0 Å². The molecule has 3 aliphatic rings. The summed E-state index contributed by atoms with van der Waals surface area (Å²) < 4.78 is 17.6. The predicted molar refractivity (Wildman–Crippen MR) is 137 cm³/mol. The number of benzene rings is 3. The molecular weight excluding hydrogens is 436 g/mol. The van der Waals surface area contributed by atoms with Crippen LogP contribution in [0.1, 0.15) is 66.4 Å². The van der Waals surface area contributed by atoms with E-state index in [-0.39, 0.29) is 12.1 Å². The highest BCUT2D eigenvalue weighted by Gasteiger charge is 2.38. The lowest BCUT2D eigenvalue weighted by molar-refractivity contribution is -0.155. The van der Waals surface area contributed by atoms with E-state index in [0.29, 0.717) is 5.92 Å². The minimum absolute atomic E-state index is 0.126. The molecule has 35 heavy (non-hydrogen) atoms. The van der Waals surface area contributed by atoms with Crippen LogP contribution in [0.4, 0.5) is 0 Å². The van der Waals surface area contributed by atoms with Gasteiger partial charge in [0.05, 0.1) is 19.8 Å². The van der Waals surface area contributed by atoms with Crippen LogP contribution in [0.15, 0.2) is 54.6 Å². The van der Waals surface area contributed by atoms with Crippen LogP contribution in [0.25, 0.3) is 22.3 Å². The van der Waals surface area contributed by atoms with E-state index in [1.165, 1.54) is 29.4 Å². The van der Waals surface area contributed by atoms with Crippen LogP contribution in [-0.2, 0) is 20.7 Å². The summed E-state index contributed by atoms with van der Waals surface area (Å²) in [7, 11) is 1.46. The normalized spacial score (nSPS) is 17.9. The molecule has 2 aliphatic carbocycles. The molecule has 3 aromatic rings. The maximum atomic E-state index is 13.1. The van der Waals surface area contributed by atoms with Gasteiger partial charge in [0, 0.05) is 5.56 Å². The Morgan fingerprint density at radius 1 is 1.00 bits per heavy atom. The van der Waals surface area contributed by atoms with E-state index in [4.69, 9.17) is 14.2 Å². The van der Waals surface area contributed by atoms with E-state index in [1.54, 1.807) is 0 Å². The number of esters is 1. The lowest BCUT2D eigenvalue weighted by Crippen LogP contribution is -2.21. The molecule has 3 aromatic carbocycles. The number of carbonyl (C=O) groups excluding carboxylic acids is 1. The van der Waals surface area contributed by atoms with Crippen molar-refractivity contribution < 1.29 is 19.0 Å². The molecule has 1 heterocycles. The van der Waals surface area contributed by atoms with Gasteiger partial charge in [-0.3, -0.25) is 0 Å². The summed E-state index contributed by atoms with van der Waals surface area (Å²) in [6.07, 6.45) is 5.75. The number of fused-ring (bicyclic) bond motifs is 1. The third kappa shape index (κ3) is 4.36. The van der Waals surface area contributed by atoms with Gasteiger partial charge in [0.1, 0.15) is 5.75 Å². The van der Waals surface area contributed by atoms with Gasteiger partial charge in [0.25, 0.3) is 0 Å². The van der Waals surface area contributed by atoms with E-state index < -0.39 is 6.10 Å². The van der Waals surface area contributed by atoms with E-state index in [0.717, 1.165) is 73.1 Å². The lowest BCUT2D eigenvalue weighted by atomic mass is 9.81. The molecule has 180 valence electrons. The van der Waals surface area contributed by atoms with E-state index >= 15 is 0 Å². The predicted octanol–water partition coefficient (Wildman–Crippen LogP) is 6.92. The molecule has 0 radical (unpaired) electrons. The number of ether oxygens (including phenoxy) is 3. The van der Waals surface area contributed by atoms with Gasteiger partial charge in [-0.2, -0.15) is 0 Å². The Hall–Kier alpha value is -3.11. The maximum Gasteiger partial charge on any atom is 0.339 e. The van der Waals surface area contributed by atoms with Crippen LogP contribution in [0.3, 0.4) is 0 Å². The van der Waals surface area contributed by atoms with E-state index in [1.807, 2.05) is 0 Å². The fourth-order valence-electron chi connectivity index (χ4n) is 5.41. The van der Waals surface area contributed by atoms with E-state index in [9.17, 15) is 4.79 Å². The first-order chi connectivity index (χ1) is 17.1. The monoisotopic (exact) mass is 468 g/mol. The third-order valence-electron chi connectivity index (χ3n) is 7.41. The molecule has 6 rings (SSSR count). The Morgan fingerprint density at radius 2 is 1.80 bits per heavy atom. The molecule has 2 saturated carbocycles. The summed E-state index contributed by atoms with van der Waals surface area (Å²) in [5.74, 6) is 1.13. The Labute approximate surface area is 207 Å². The zero-order valence-electron chi connectivity index (χ0n) is 20.5. The van der Waals surface area contributed by atoms with Gasteiger partial charge in [-0.25, -0.2) is 4.79 Å². The summed E-state index contributed by atoms with van der Waals surface area (Å²) >= 11 is 0. The van der Waals surface area contributed by atoms with Crippen molar-refractivity contribution in [1.29, 1.82) is 0 Å². The molecule has 0 saturated heterocycles. The SMILES string of the molecule is COC(=O)C(OC1CC1)c1c(C)cc(-c2ccccc2)c(C2CC2)c1-c1ccc2c(c1)CCCO2. The first-order valence-corrected chi connectivity index (χ1v) is 12.9. The number of methoxy groups -OCH3 is 1. The molecule has 2 fully saturated rings. The van der Waals surface area contributed by atoms with Gasteiger partial charge in [-0.05, 0) is 102 Å². The van der Waals surface area contributed by atoms with Crippen LogP contribution < -0.4 is 4.74 Å². The molecular formula is C31H32O4. The molecule has 0 amide bonds. The quantitative estimate of drug-likeness (QED) is 0.353. The van der Waals surface area contributed by atoms with Crippen LogP contribution in [-0.4, -0.2) is 25.8 Å². The van der Waals surface area contributed by atoms with Crippen molar-refractivity contribution in [1.82, 2.24) is 0 Å². The first-order valence-electron chi connectivity index (χ1n) is 12.9. The number of aryl methyl sites for hydroxylation is 2. The highest BCUT2D eigenvalue weighted by Crippen LogP contribution is 2.52. The standard InChI is InChI=1S/C31H32O4/c1-19-17-25(20-7-4-3-5-8-20)28(21-10-11-21)29(23-12-15-26-22(18-23)9-6-16-34-26)27(19)30(31(32)33-2)35-24-13-14-24/h3-5,7-8,12,15,17-18,21,24,30H,6,9-11,13-14,16H2,1-2H3. The Kier molecular flexibility index (Phi) is 5.85. The van der Waals surface area contributed by atoms with Crippen molar-refractivity contribution in [2.24, 2.45) is 0 Å². The van der Waals surface area contributed by atoms with Gasteiger partial charge < -0.3 is 14.2 Å².